The molecular weight excluding hydrogens is 231 g/mol. The Morgan fingerprint density at radius 2 is 1.33 bits per heavy atom. The lowest BCUT2D eigenvalue weighted by molar-refractivity contribution is -0.0929. The Kier molecular flexibility index (Phi) is 7.24. The van der Waals surface area contributed by atoms with Gasteiger partial charge in [0, 0.05) is 26.1 Å². The molecule has 5 N–H and O–H groups in total. The zero-order valence-corrected chi connectivity index (χ0v) is 8.79. The predicted octanol–water partition coefficient (Wildman–Crippen LogP) is -1.48. The molecule has 9 heteroatoms. The molecule has 0 aliphatic carbocycles. The highest BCUT2D eigenvalue weighted by atomic mass is 31.2. The zero-order valence-electron chi connectivity index (χ0n) is 7.89. The summed E-state index contributed by atoms with van der Waals surface area (Å²) < 4.78 is 19.3. The van der Waals surface area contributed by atoms with Crippen LogP contribution < -0.4 is 0 Å². The average Bonchev–Trinajstić information content (AvgIpc) is 2.01. The molecule has 0 amide bonds. The van der Waals surface area contributed by atoms with Crippen molar-refractivity contribution in [3.63, 3.8) is 0 Å². The largest absolute Gasteiger partial charge is 0.476 e. The Hall–Kier alpha value is -0.0500. The number of aliphatic hydroxyl groups excluding tert-OH is 4. The van der Waals surface area contributed by atoms with E-state index in [1.54, 1.807) is 0 Å². The first-order valence-corrected chi connectivity index (χ1v) is 5.68. The predicted molar refractivity (Wildman–Crippen MR) is 47.4 cm³/mol. The number of phosphoric ester groups is 1. The smallest absolute Gasteiger partial charge is 0.396 e. The minimum atomic E-state index is -4.59. The van der Waals surface area contributed by atoms with Crippen LogP contribution in [-0.4, -0.2) is 51.1 Å². The van der Waals surface area contributed by atoms with E-state index in [0.717, 1.165) is 0 Å². The van der Waals surface area contributed by atoms with Crippen LogP contribution in [0.2, 0.25) is 0 Å². The van der Waals surface area contributed by atoms with Gasteiger partial charge in [0.05, 0.1) is 0 Å². The van der Waals surface area contributed by atoms with Crippen molar-refractivity contribution < 1.29 is 38.9 Å². The maximum Gasteiger partial charge on any atom is 0.476 e. The summed E-state index contributed by atoms with van der Waals surface area (Å²) in [5.74, 6) is 0. The van der Waals surface area contributed by atoms with Crippen molar-refractivity contribution in [2.45, 2.75) is 25.4 Å². The van der Waals surface area contributed by atoms with Crippen LogP contribution in [-0.2, 0) is 13.6 Å². The molecule has 0 aliphatic heterocycles. The summed E-state index contributed by atoms with van der Waals surface area (Å²) in [7, 11) is -4.59. The van der Waals surface area contributed by atoms with Crippen LogP contribution >= 0.6 is 7.82 Å². The Labute approximate surface area is 86.3 Å². The molecule has 0 rings (SSSR count). The molecule has 0 fully saturated rings. The average molecular weight is 246 g/mol. The summed E-state index contributed by atoms with van der Waals surface area (Å²) in [5.41, 5.74) is 0. The molecule has 15 heavy (non-hydrogen) atoms. The van der Waals surface area contributed by atoms with E-state index in [9.17, 15) is 4.57 Å². The molecule has 0 heterocycles. The fraction of sp³-hybridized carbons (Fsp3) is 1.00. The van der Waals surface area contributed by atoms with Crippen LogP contribution in [0.1, 0.15) is 12.8 Å². The summed E-state index contributed by atoms with van der Waals surface area (Å²) in [6.07, 6.45) is -3.84. The van der Waals surface area contributed by atoms with Crippen LogP contribution in [0.25, 0.3) is 0 Å². The molecule has 0 aliphatic rings. The van der Waals surface area contributed by atoms with Crippen molar-refractivity contribution in [1.82, 2.24) is 0 Å². The Balaban J connectivity index is 4.00. The number of hydrogen-bond donors (Lipinski definition) is 5. The monoisotopic (exact) mass is 246 g/mol. The third kappa shape index (κ3) is 7.83. The Morgan fingerprint density at radius 3 is 1.60 bits per heavy atom. The van der Waals surface area contributed by atoms with E-state index in [4.69, 9.17) is 25.3 Å². The molecule has 2 atom stereocenters. The van der Waals surface area contributed by atoms with Gasteiger partial charge in [-0.1, -0.05) is 0 Å². The van der Waals surface area contributed by atoms with E-state index in [0.29, 0.717) is 0 Å². The molecule has 92 valence electrons. The molecule has 0 spiro atoms. The van der Waals surface area contributed by atoms with Crippen LogP contribution in [0.15, 0.2) is 0 Å². The van der Waals surface area contributed by atoms with Gasteiger partial charge in [0.2, 0.25) is 0 Å². The minimum absolute atomic E-state index is 0.260. The third-order valence-electron chi connectivity index (χ3n) is 1.26. The van der Waals surface area contributed by atoms with Crippen molar-refractivity contribution in [2.24, 2.45) is 0 Å². The topological polar surface area (TPSA) is 137 Å². The molecule has 8 nitrogen and oxygen atoms in total. The van der Waals surface area contributed by atoms with E-state index in [1.165, 1.54) is 0 Å². The molecule has 2 unspecified atom stereocenters. The molecule has 0 aromatic carbocycles. The number of phosphoric acid groups is 1. The molecule has 0 aromatic rings. The van der Waals surface area contributed by atoms with E-state index in [1.807, 2.05) is 0 Å². The van der Waals surface area contributed by atoms with E-state index < -0.39 is 33.6 Å². The van der Waals surface area contributed by atoms with E-state index >= 15 is 0 Å². The van der Waals surface area contributed by atoms with Gasteiger partial charge in [-0.15, -0.1) is 0 Å². The SMILES string of the molecule is O=P(O)(OC(O)CCO)OC(O)CCO. The lowest BCUT2D eigenvalue weighted by Crippen LogP contribution is -2.17. The van der Waals surface area contributed by atoms with Crippen molar-refractivity contribution in [1.29, 1.82) is 0 Å². The van der Waals surface area contributed by atoms with Crippen molar-refractivity contribution in [2.75, 3.05) is 13.2 Å². The normalized spacial score (nSPS) is 19.5. The zero-order chi connectivity index (χ0) is 11.9. The summed E-state index contributed by atoms with van der Waals surface area (Å²) in [4.78, 5) is 8.94. The van der Waals surface area contributed by atoms with Gasteiger partial charge in [0.15, 0.2) is 12.6 Å². The Morgan fingerprint density at radius 1 is 1.00 bits per heavy atom. The van der Waals surface area contributed by atoms with Crippen LogP contribution in [0.4, 0.5) is 0 Å². The van der Waals surface area contributed by atoms with Crippen molar-refractivity contribution >= 4 is 7.82 Å². The first-order chi connectivity index (χ1) is 6.91. The van der Waals surface area contributed by atoms with Crippen LogP contribution in [0, 0.1) is 0 Å². The maximum atomic E-state index is 11.0. The first kappa shape index (κ1) is 14.9. The van der Waals surface area contributed by atoms with Gasteiger partial charge >= 0.3 is 7.82 Å². The summed E-state index contributed by atoms with van der Waals surface area (Å²) in [6.45, 7) is -0.860. The second-order valence-electron chi connectivity index (χ2n) is 2.61. The molecular formula is C6H15O8P. The Bertz CT molecular complexity index is 191. The summed E-state index contributed by atoms with van der Waals surface area (Å²) in [6, 6.07) is 0. The fourth-order valence-electron chi connectivity index (χ4n) is 0.659. The first-order valence-electron chi connectivity index (χ1n) is 4.18. The number of hydrogen-bond acceptors (Lipinski definition) is 7. The maximum absolute atomic E-state index is 11.0. The lowest BCUT2D eigenvalue weighted by Gasteiger charge is -2.18. The van der Waals surface area contributed by atoms with Gasteiger partial charge in [-0.3, -0.25) is 9.05 Å². The van der Waals surface area contributed by atoms with Gasteiger partial charge in [-0.2, -0.15) is 0 Å². The lowest BCUT2D eigenvalue weighted by atomic mass is 10.5. The van der Waals surface area contributed by atoms with Gasteiger partial charge < -0.3 is 25.3 Å². The minimum Gasteiger partial charge on any atom is -0.396 e. The van der Waals surface area contributed by atoms with E-state index in [2.05, 4.69) is 9.05 Å². The van der Waals surface area contributed by atoms with Gasteiger partial charge in [0.1, 0.15) is 0 Å². The highest BCUT2D eigenvalue weighted by molar-refractivity contribution is 7.47. The molecule has 0 saturated heterocycles. The third-order valence-corrected chi connectivity index (χ3v) is 2.28. The highest BCUT2D eigenvalue weighted by Crippen LogP contribution is 2.45. The van der Waals surface area contributed by atoms with Gasteiger partial charge in [-0.05, 0) is 0 Å². The molecule has 0 aromatic heterocycles. The van der Waals surface area contributed by atoms with Crippen molar-refractivity contribution in [3.05, 3.63) is 0 Å². The fourth-order valence-corrected chi connectivity index (χ4v) is 1.53. The molecule has 0 saturated carbocycles. The van der Waals surface area contributed by atoms with Crippen LogP contribution in [0.3, 0.4) is 0 Å². The van der Waals surface area contributed by atoms with Crippen LogP contribution in [0.5, 0.6) is 0 Å². The highest BCUT2D eigenvalue weighted by Gasteiger charge is 2.28. The second-order valence-corrected chi connectivity index (χ2v) is 3.97. The number of aliphatic hydroxyl groups is 4. The van der Waals surface area contributed by atoms with Gasteiger partial charge in [-0.25, -0.2) is 4.57 Å². The standard InChI is InChI=1S/C6H15O8P/c7-3-1-5(9)13-15(11,12)14-6(10)2-4-8/h5-10H,1-4H2,(H,11,12). The van der Waals surface area contributed by atoms with Crippen molar-refractivity contribution in [3.8, 4) is 0 Å². The second kappa shape index (κ2) is 7.26. The quantitative estimate of drug-likeness (QED) is 0.258. The summed E-state index contributed by atoms with van der Waals surface area (Å²) in [5, 5.41) is 34.5. The van der Waals surface area contributed by atoms with Gasteiger partial charge in [0.25, 0.3) is 0 Å². The summed E-state index contributed by atoms with van der Waals surface area (Å²) >= 11 is 0. The number of rotatable bonds is 8. The van der Waals surface area contributed by atoms with E-state index in [-0.39, 0.29) is 12.8 Å². The molecule has 0 bridgehead atoms. The molecule has 0 radical (unpaired) electrons.